The van der Waals surface area contributed by atoms with Gasteiger partial charge in [-0.25, -0.2) is 9.59 Å². The molecule has 2 rings (SSSR count). The minimum absolute atomic E-state index is 0.143. The van der Waals surface area contributed by atoms with Crippen LogP contribution < -0.4 is 0 Å². The van der Waals surface area contributed by atoms with E-state index in [1.807, 2.05) is 4.90 Å². The van der Waals surface area contributed by atoms with Gasteiger partial charge in [-0.3, -0.25) is 0 Å². The van der Waals surface area contributed by atoms with Crippen LogP contribution in [0.2, 0.25) is 0 Å². The summed E-state index contributed by atoms with van der Waals surface area (Å²) in [7, 11) is 3.77. The number of piperidine rings is 2. The van der Waals surface area contributed by atoms with Crippen LogP contribution in [0.4, 0.5) is 4.79 Å². The van der Waals surface area contributed by atoms with Crippen molar-refractivity contribution >= 4 is 12.0 Å². The summed E-state index contributed by atoms with van der Waals surface area (Å²) in [5.41, 5.74) is 0. The Kier molecular flexibility index (Phi) is 5.08. The number of likely N-dealkylation sites (N-methyl/N-ethyl adjacent to an activating group) is 1. The first-order chi connectivity index (χ1) is 9.95. The molecule has 1 N–H and O–H groups in total. The molecule has 6 heteroatoms. The highest BCUT2D eigenvalue weighted by Crippen LogP contribution is 2.30. The van der Waals surface area contributed by atoms with Crippen molar-refractivity contribution in [2.45, 2.75) is 44.7 Å². The molecule has 0 aliphatic carbocycles. The van der Waals surface area contributed by atoms with Crippen molar-refractivity contribution in [1.82, 2.24) is 14.7 Å². The van der Waals surface area contributed by atoms with Crippen LogP contribution in [-0.4, -0.2) is 77.6 Å². The highest BCUT2D eigenvalue weighted by molar-refractivity contribution is 5.82. The number of likely N-dealkylation sites (tertiary alicyclic amines) is 2. The number of nitrogens with zero attached hydrogens (tertiary/aromatic N) is 3. The molecule has 0 saturated carbocycles. The zero-order valence-corrected chi connectivity index (χ0v) is 13.3. The average molecular weight is 297 g/mol. The molecular formula is C15H27N3O3. The van der Waals surface area contributed by atoms with Crippen LogP contribution >= 0.6 is 0 Å². The summed E-state index contributed by atoms with van der Waals surface area (Å²) in [6.45, 7) is 4.43. The Bertz CT molecular complexity index is 402. The van der Waals surface area contributed by atoms with E-state index in [1.165, 1.54) is 17.7 Å². The van der Waals surface area contributed by atoms with E-state index in [2.05, 4.69) is 11.9 Å². The lowest BCUT2D eigenvalue weighted by Gasteiger charge is -2.46. The summed E-state index contributed by atoms with van der Waals surface area (Å²) >= 11 is 0. The fourth-order valence-corrected chi connectivity index (χ4v) is 3.80. The van der Waals surface area contributed by atoms with Crippen molar-refractivity contribution in [1.29, 1.82) is 0 Å². The number of carboxylic acid groups (broad SMARTS) is 1. The third-order valence-corrected chi connectivity index (χ3v) is 5.06. The number of hydrogen-bond donors (Lipinski definition) is 1. The predicted octanol–water partition coefficient (Wildman–Crippen LogP) is 1.32. The van der Waals surface area contributed by atoms with Crippen LogP contribution in [0, 0.1) is 5.92 Å². The Morgan fingerprint density at radius 2 is 2.05 bits per heavy atom. The number of carboxylic acids is 1. The number of rotatable bonds is 3. The number of hydrogen-bond acceptors (Lipinski definition) is 3. The maximum atomic E-state index is 12.5. The second-order valence-electron chi connectivity index (χ2n) is 6.34. The number of fused-ring (bicyclic) bond motifs is 1. The van der Waals surface area contributed by atoms with Crippen molar-refractivity contribution in [3.8, 4) is 0 Å². The zero-order chi connectivity index (χ0) is 15.6. The molecule has 0 aromatic heterocycles. The van der Waals surface area contributed by atoms with Gasteiger partial charge < -0.3 is 19.8 Å². The summed E-state index contributed by atoms with van der Waals surface area (Å²) in [6.07, 6.45) is 3.77. The molecule has 3 unspecified atom stereocenters. The van der Waals surface area contributed by atoms with E-state index < -0.39 is 12.0 Å². The molecular weight excluding hydrogens is 270 g/mol. The lowest BCUT2D eigenvalue weighted by Crippen LogP contribution is -2.57. The molecule has 6 nitrogen and oxygen atoms in total. The van der Waals surface area contributed by atoms with Gasteiger partial charge in [0.1, 0.15) is 6.04 Å². The molecule has 2 saturated heterocycles. The smallest absolute Gasteiger partial charge is 0.326 e. The van der Waals surface area contributed by atoms with Crippen molar-refractivity contribution in [2.24, 2.45) is 5.92 Å². The Balaban J connectivity index is 1.99. The molecule has 0 bridgehead atoms. The first kappa shape index (κ1) is 16.1. The van der Waals surface area contributed by atoms with E-state index in [0.717, 1.165) is 26.1 Å². The molecule has 3 atom stereocenters. The zero-order valence-electron chi connectivity index (χ0n) is 13.3. The van der Waals surface area contributed by atoms with E-state index in [0.29, 0.717) is 18.4 Å². The van der Waals surface area contributed by atoms with Crippen molar-refractivity contribution < 1.29 is 14.7 Å². The summed E-state index contributed by atoms with van der Waals surface area (Å²) in [5.74, 6) is -0.402. The fraction of sp³-hybridized carbons (Fsp3) is 0.867. The Morgan fingerprint density at radius 3 is 2.67 bits per heavy atom. The van der Waals surface area contributed by atoms with Crippen LogP contribution in [0.3, 0.4) is 0 Å². The van der Waals surface area contributed by atoms with Gasteiger partial charge in [-0.2, -0.15) is 0 Å². The van der Waals surface area contributed by atoms with Crippen LogP contribution in [0.25, 0.3) is 0 Å². The minimum Gasteiger partial charge on any atom is -0.480 e. The maximum Gasteiger partial charge on any atom is 0.326 e. The highest BCUT2D eigenvalue weighted by atomic mass is 16.4. The average Bonchev–Trinajstić information content (AvgIpc) is 2.46. The van der Waals surface area contributed by atoms with E-state index in [1.54, 1.807) is 14.0 Å². The van der Waals surface area contributed by atoms with Gasteiger partial charge in [0, 0.05) is 26.2 Å². The van der Waals surface area contributed by atoms with Crippen LogP contribution in [0.15, 0.2) is 0 Å². The van der Waals surface area contributed by atoms with E-state index >= 15 is 0 Å². The van der Waals surface area contributed by atoms with Crippen molar-refractivity contribution in [2.75, 3.05) is 33.7 Å². The summed E-state index contributed by atoms with van der Waals surface area (Å²) < 4.78 is 0. The number of carbonyl (C=O) groups excluding carboxylic acids is 1. The third-order valence-electron chi connectivity index (χ3n) is 5.06. The summed E-state index contributed by atoms with van der Waals surface area (Å²) in [4.78, 5) is 29.4. The van der Waals surface area contributed by atoms with Crippen LogP contribution in [-0.2, 0) is 4.79 Å². The lowest BCUT2D eigenvalue weighted by molar-refractivity contribution is -0.142. The number of carbonyl (C=O) groups is 2. The van der Waals surface area contributed by atoms with Crippen LogP contribution in [0.5, 0.6) is 0 Å². The van der Waals surface area contributed by atoms with Gasteiger partial charge in [-0.1, -0.05) is 6.92 Å². The van der Waals surface area contributed by atoms with Crippen LogP contribution in [0.1, 0.15) is 32.6 Å². The first-order valence-corrected chi connectivity index (χ1v) is 7.90. The largest absolute Gasteiger partial charge is 0.480 e. The topological polar surface area (TPSA) is 64.1 Å². The minimum atomic E-state index is -0.930. The Labute approximate surface area is 126 Å². The number of urea groups is 1. The second kappa shape index (κ2) is 6.64. The van der Waals surface area contributed by atoms with Gasteiger partial charge in [0.2, 0.25) is 0 Å². The lowest BCUT2D eigenvalue weighted by atomic mass is 9.84. The third kappa shape index (κ3) is 3.31. The van der Waals surface area contributed by atoms with E-state index in [9.17, 15) is 14.7 Å². The highest BCUT2D eigenvalue weighted by Gasteiger charge is 2.37. The molecule has 2 aliphatic rings. The molecule has 2 fully saturated rings. The fourth-order valence-electron chi connectivity index (χ4n) is 3.80. The standard InChI is InChI=1S/C15H27N3O3/c1-4-12(14(19)20)17(3)15(21)18-9-7-13-11(10-18)6-5-8-16(13)2/h11-13H,4-10H2,1-3H3,(H,19,20). The molecule has 2 aliphatic heterocycles. The summed E-state index contributed by atoms with van der Waals surface area (Å²) in [6, 6.07) is -0.297. The number of aliphatic carboxylic acids is 1. The molecule has 0 aromatic rings. The maximum absolute atomic E-state index is 12.5. The van der Waals surface area contributed by atoms with Gasteiger partial charge in [0.15, 0.2) is 0 Å². The Morgan fingerprint density at radius 1 is 1.33 bits per heavy atom. The summed E-state index contributed by atoms with van der Waals surface area (Å²) in [5, 5.41) is 9.19. The van der Waals surface area contributed by atoms with E-state index in [4.69, 9.17) is 0 Å². The van der Waals surface area contributed by atoms with Gasteiger partial charge in [-0.15, -0.1) is 0 Å². The van der Waals surface area contributed by atoms with Gasteiger partial charge in [-0.05, 0) is 45.2 Å². The molecule has 0 spiro atoms. The normalized spacial score (nSPS) is 27.9. The second-order valence-corrected chi connectivity index (χ2v) is 6.34. The van der Waals surface area contributed by atoms with Gasteiger partial charge >= 0.3 is 12.0 Å². The molecule has 0 aromatic carbocycles. The SMILES string of the molecule is CCC(C(=O)O)N(C)C(=O)N1CCC2C(CCCN2C)C1. The molecule has 120 valence electrons. The van der Waals surface area contributed by atoms with Gasteiger partial charge in [0.05, 0.1) is 0 Å². The Hall–Kier alpha value is -1.30. The first-order valence-electron chi connectivity index (χ1n) is 7.90. The molecule has 0 radical (unpaired) electrons. The molecule has 21 heavy (non-hydrogen) atoms. The monoisotopic (exact) mass is 297 g/mol. The quantitative estimate of drug-likeness (QED) is 0.853. The van der Waals surface area contributed by atoms with Crippen molar-refractivity contribution in [3.63, 3.8) is 0 Å². The van der Waals surface area contributed by atoms with E-state index in [-0.39, 0.29) is 6.03 Å². The molecule has 2 amide bonds. The van der Waals surface area contributed by atoms with Gasteiger partial charge in [0.25, 0.3) is 0 Å². The number of amides is 2. The molecule has 2 heterocycles. The van der Waals surface area contributed by atoms with Crippen molar-refractivity contribution in [3.05, 3.63) is 0 Å². The predicted molar refractivity (Wildman–Crippen MR) is 80.2 cm³/mol.